The fourth-order valence-electron chi connectivity index (χ4n) is 9.37. The third-order valence-corrected chi connectivity index (χ3v) is 11.1. The average molecular weight is 413 g/mol. The van der Waals surface area contributed by atoms with Gasteiger partial charge < -0.3 is 0 Å². The maximum absolute atomic E-state index is 11.8. The van der Waals surface area contributed by atoms with Gasteiger partial charge in [0.2, 0.25) is 0 Å². The van der Waals surface area contributed by atoms with Crippen molar-refractivity contribution in [1.29, 1.82) is 0 Å². The first kappa shape index (κ1) is 22.6. The molecule has 0 N–H and O–H groups in total. The molecule has 0 aromatic carbocycles. The van der Waals surface area contributed by atoms with Crippen molar-refractivity contribution < 1.29 is 4.79 Å². The van der Waals surface area contributed by atoms with Gasteiger partial charge in [-0.2, -0.15) is 0 Å². The first-order chi connectivity index (χ1) is 14.2. The summed E-state index contributed by atoms with van der Waals surface area (Å²) in [5.41, 5.74) is 3.49. The molecule has 0 aromatic rings. The zero-order valence-corrected chi connectivity index (χ0v) is 20.8. The highest BCUT2D eigenvalue weighted by Crippen LogP contribution is 2.68. The monoisotopic (exact) mass is 412 g/mol. The van der Waals surface area contributed by atoms with E-state index in [0.717, 1.165) is 53.4 Å². The van der Waals surface area contributed by atoms with Gasteiger partial charge in [0.25, 0.3) is 0 Å². The minimum atomic E-state index is 0.376. The fourth-order valence-corrected chi connectivity index (χ4v) is 9.37. The Bertz CT molecular complexity index is 674. The molecular formula is C29H48O. The Kier molecular flexibility index (Phi) is 6.33. The van der Waals surface area contributed by atoms with Crippen LogP contribution in [0.5, 0.6) is 0 Å². The van der Waals surface area contributed by atoms with Crippen molar-refractivity contribution >= 4 is 6.29 Å². The summed E-state index contributed by atoms with van der Waals surface area (Å²) in [6.45, 7) is 14.8. The number of carbonyl (C=O) groups is 1. The summed E-state index contributed by atoms with van der Waals surface area (Å²) in [6.07, 6.45) is 16.4. The van der Waals surface area contributed by atoms with Gasteiger partial charge in [-0.1, -0.05) is 59.5 Å². The Morgan fingerprint density at radius 1 is 0.967 bits per heavy atom. The molecule has 3 saturated carbocycles. The van der Waals surface area contributed by atoms with Gasteiger partial charge in [-0.15, -0.1) is 0 Å². The fraction of sp³-hybridized carbons (Fsp3) is 0.897. The molecule has 0 spiro atoms. The van der Waals surface area contributed by atoms with E-state index in [0.29, 0.717) is 10.8 Å². The first-order valence-corrected chi connectivity index (χ1v) is 13.3. The van der Waals surface area contributed by atoms with E-state index in [2.05, 4.69) is 41.5 Å². The van der Waals surface area contributed by atoms with Crippen LogP contribution < -0.4 is 0 Å². The summed E-state index contributed by atoms with van der Waals surface area (Å²) in [6, 6.07) is 0. The molecule has 0 bridgehead atoms. The van der Waals surface area contributed by atoms with Crippen LogP contribution in [0.4, 0.5) is 0 Å². The van der Waals surface area contributed by atoms with Gasteiger partial charge in [-0.25, -0.2) is 0 Å². The number of carbonyl (C=O) groups excluding carboxylic acids is 1. The highest BCUT2D eigenvalue weighted by atomic mass is 16.1. The van der Waals surface area contributed by atoms with E-state index in [-0.39, 0.29) is 0 Å². The zero-order chi connectivity index (χ0) is 21.7. The molecule has 0 aliphatic heterocycles. The van der Waals surface area contributed by atoms with Crippen LogP contribution >= 0.6 is 0 Å². The molecule has 0 amide bonds. The molecule has 1 nitrogen and oxygen atoms in total. The van der Waals surface area contributed by atoms with Crippen molar-refractivity contribution in [3.05, 3.63) is 11.1 Å². The maximum atomic E-state index is 11.8. The van der Waals surface area contributed by atoms with E-state index >= 15 is 0 Å². The highest BCUT2D eigenvalue weighted by Gasteiger charge is 2.60. The minimum Gasteiger partial charge on any atom is -0.298 e. The number of hydrogen-bond acceptors (Lipinski definition) is 1. The van der Waals surface area contributed by atoms with Crippen molar-refractivity contribution in [3.8, 4) is 0 Å². The molecule has 30 heavy (non-hydrogen) atoms. The van der Waals surface area contributed by atoms with Gasteiger partial charge in [0, 0.05) is 0 Å². The number of fused-ring (bicyclic) bond motifs is 5. The Morgan fingerprint density at radius 2 is 1.70 bits per heavy atom. The van der Waals surface area contributed by atoms with Gasteiger partial charge in [-0.05, 0) is 116 Å². The summed E-state index contributed by atoms with van der Waals surface area (Å²) in [4.78, 5) is 11.8. The standard InChI is InChI=1S/C29H48O/c1-19(2)8-7-9-20(3)25-12-13-26-24-11-10-23-16-21(4)22(18-30)17-29(23,6)27(24)14-15-28(25,26)5/h18-20,23-27H,7-17H2,1-6H3/t20?,23?,24?,25-,26?,27?,28-,29+/m1/s1. The molecule has 4 aliphatic carbocycles. The van der Waals surface area contributed by atoms with Crippen LogP contribution in [-0.4, -0.2) is 6.29 Å². The van der Waals surface area contributed by atoms with Crippen LogP contribution in [0.2, 0.25) is 0 Å². The van der Waals surface area contributed by atoms with E-state index in [1.54, 1.807) is 0 Å². The summed E-state index contributed by atoms with van der Waals surface area (Å²) in [7, 11) is 0. The molecule has 5 unspecified atom stereocenters. The highest BCUT2D eigenvalue weighted by molar-refractivity contribution is 5.75. The van der Waals surface area contributed by atoms with Crippen LogP contribution in [0.25, 0.3) is 0 Å². The Hall–Kier alpha value is -0.590. The molecule has 8 atom stereocenters. The second-order valence-electron chi connectivity index (χ2n) is 13.0. The minimum absolute atomic E-state index is 0.376. The van der Waals surface area contributed by atoms with Crippen molar-refractivity contribution in [1.82, 2.24) is 0 Å². The van der Waals surface area contributed by atoms with E-state index in [9.17, 15) is 4.79 Å². The van der Waals surface area contributed by atoms with Crippen LogP contribution in [0.1, 0.15) is 112 Å². The molecule has 3 fully saturated rings. The first-order valence-electron chi connectivity index (χ1n) is 13.3. The SMILES string of the molecule is CC1=C(C=O)C[C@@]2(C)C(CCC3C2CC[C@@]2(C)C3CC[C@@H]2C(C)CCCC(C)C)C1. The lowest BCUT2D eigenvalue weighted by Gasteiger charge is -2.60. The Labute approximate surface area is 186 Å². The van der Waals surface area contributed by atoms with Crippen LogP contribution in [0, 0.1) is 52.3 Å². The second kappa shape index (κ2) is 8.40. The van der Waals surface area contributed by atoms with Crippen LogP contribution in [0.15, 0.2) is 11.1 Å². The lowest BCUT2D eigenvalue weighted by molar-refractivity contribution is -0.112. The summed E-state index contributed by atoms with van der Waals surface area (Å²) in [5.74, 6) is 6.22. The molecule has 0 radical (unpaired) electrons. The average Bonchev–Trinajstić information content (AvgIpc) is 3.05. The molecule has 0 aromatic heterocycles. The van der Waals surface area contributed by atoms with E-state index in [1.165, 1.54) is 76.1 Å². The molecule has 1 heteroatoms. The molecule has 4 aliphatic rings. The van der Waals surface area contributed by atoms with Crippen molar-refractivity contribution in [2.45, 2.75) is 112 Å². The van der Waals surface area contributed by atoms with Gasteiger partial charge in [0.05, 0.1) is 0 Å². The second-order valence-corrected chi connectivity index (χ2v) is 13.0. The molecule has 4 rings (SSSR count). The molecular weight excluding hydrogens is 364 g/mol. The predicted octanol–water partition coefficient (Wildman–Crippen LogP) is 8.23. The van der Waals surface area contributed by atoms with E-state index < -0.39 is 0 Å². The topological polar surface area (TPSA) is 17.1 Å². The number of aldehydes is 1. The lowest BCUT2D eigenvalue weighted by atomic mass is 9.44. The number of allylic oxidation sites excluding steroid dienone is 2. The van der Waals surface area contributed by atoms with Crippen LogP contribution in [-0.2, 0) is 4.79 Å². The Morgan fingerprint density at radius 3 is 2.40 bits per heavy atom. The predicted molar refractivity (Wildman–Crippen MR) is 127 cm³/mol. The summed E-state index contributed by atoms with van der Waals surface area (Å²) < 4.78 is 0. The van der Waals surface area contributed by atoms with E-state index in [4.69, 9.17) is 0 Å². The third kappa shape index (κ3) is 3.65. The number of hydrogen-bond donors (Lipinski definition) is 0. The quantitative estimate of drug-likeness (QED) is 0.401. The summed E-state index contributed by atoms with van der Waals surface area (Å²) in [5, 5.41) is 0. The van der Waals surface area contributed by atoms with Gasteiger partial charge in [0.1, 0.15) is 6.29 Å². The van der Waals surface area contributed by atoms with Crippen molar-refractivity contribution in [2.24, 2.45) is 52.3 Å². The largest absolute Gasteiger partial charge is 0.298 e. The van der Waals surface area contributed by atoms with Crippen molar-refractivity contribution in [2.75, 3.05) is 0 Å². The zero-order valence-electron chi connectivity index (χ0n) is 20.8. The van der Waals surface area contributed by atoms with Gasteiger partial charge >= 0.3 is 0 Å². The lowest BCUT2D eigenvalue weighted by Crippen LogP contribution is -2.53. The maximum Gasteiger partial charge on any atom is 0.145 e. The Balaban J connectivity index is 1.50. The molecule has 0 heterocycles. The smallest absolute Gasteiger partial charge is 0.145 e. The number of rotatable bonds is 6. The van der Waals surface area contributed by atoms with Gasteiger partial charge in [0.15, 0.2) is 0 Å². The summed E-state index contributed by atoms with van der Waals surface area (Å²) >= 11 is 0. The molecule has 170 valence electrons. The molecule has 0 saturated heterocycles. The third-order valence-electron chi connectivity index (χ3n) is 11.1. The van der Waals surface area contributed by atoms with Gasteiger partial charge in [-0.3, -0.25) is 4.79 Å². The normalized spacial score (nSPS) is 44.4. The van der Waals surface area contributed by atoms with Crippen molar-refractivity contribution in [3.63, 3.8) is 0 Å². The van der Waals surface area contributed by atoms with Crippen LogP contribution in [0.3, 0.4) is 0 Å². The van der Waals surface area contributed by atoms with E-state index in [1.807, 2.05) is 0 Å².